The number of piperidine rings is 1. The number of carbonyl (C=O) groups is 1. The van der Waals surface area contributed by atoms with Gasteiger partial charge in [-0.1, -0.05) is 0 Å². The molecular weight excluding hydrogens is 204 g/mol. The van der Waals surface area contributed by atoms with Crippen LogP contribution in [0.1, 0.15) is 18.4 Å². The summed E-state index contributed by atoms with van der Waals surface area (Å²) in [6.45, 7) is 2.61. The van der Waals surface area contributed by atoms with Crippen molar-refractivity contribution in [3.05, 3.63) is 17.8 Å². The SMILES string of the molecule is Cc1cc(NC2CCC(=O)NC2)ncc1N. The van der Waals surface area contributed by atoms with E-state index in [1.807, 2.05) is 13.0 Å². The van der Waals surface area contributed by atoms with E-state index in [1.165, 1.54) is 0 Å². The molecule has 0 aromatic carbocycles. The Morgan fingerprint density at radius 2 is 2.44 bits per heavy atom. The Bertz CT molecular complexity index is 395. The third-order valence-corrected chi connectivity index (χ3v) is 2.77. The van der Waals surface area contributed by atoms with E-state index < -0.39 is 0 Å². The third-order valence-electron chi connectivity index (χ3n) is 2.77. The van der Waals surface area contributed by atoms with Crippen LogP contribution >= 0.6 is 0 Å². The molecule has 1 aromatic heterocycles. The Kier molecular flexibility index (Phi) is 2.94. The lowest BCUT2D eigenvalue weighted by Gasteiger charge is -2.24. The fourth-order valence-electron chi connectivity index (χ4n) is 1.71. The molecule has 0 saturated carbocycles. The van der Waals surface area contributed by atoms with Gasteiger partial charge in [-0.25, -0.2) is 4.98 Å². The van der Waals surface area contributed by atoms with Crippen molar-refractivity contribution < 1.29 is 4.79 Å². The van der Waals surface area contributed by atoms with Crippen LogP contribution in [-0.4, -0.2) is 23.5 Å². The highest BCUT2D eigenvalue weighted by Crippen LogP contribution is 2.15. The Morgan fingerprint density at radius 1 is 1.62 bits per heavy atom. The van der Waals surface area contributed by atoms with Crippen LogP contribution in [-0.2, 0) is 4.79 Å². The Hall–Kier alpha value is -1.78. The first kappa shape index (κ1) is 10.7. The first-order valence-corrected chi connectivity index (χ1v) is 5.40. The molecule has 16 heavy (non-hydrogen) atoms. The van der Waals surface area contributed by atoms with E-state index in [9.17, 15) is 4.79 Å². The number of nitrogens with one attached hydrogen (secondary N) is 2. The van der Waals surface area contributed by atoms with Crippen LogP contribution in [0.2, 0.25) is 0 Å². The first-order chi connectivity index (χ1) is 7.65. The predicted molar refractivity (Wildman–Crippen MR) is 63.0 cm³/mol. The van der Waals surface area contributed by atoms with E-state index in [1.54, 1.807) is 6.20 Å². The van der Waals surface area contributed by atoms with Gasteiger partial charge in [-0.2, -0.15) is 0 Å². The molecule has 2 rings (SSSR count). The molecule has 1 aliphatic rings. The average Bonchev–Trinajstić information content (AvgIpc) is 2.27. The van der Waals surface area contributed by atoms with Crippen LogP contribution in [0.4, 0.5) is 11.5 Å². The minimum Gasteiger partial charge on any atom is -0.397 e. The standard InChI is InChI=1S/C11H16N4O/c1-7-4-10(13-6-9(7)12)15-8-2-3-11(16)14-5-8/h4,6,8H,2-3,5,12H2,1H3,(H,13,15)(H,14,16). The third kappa shape index (κ3) is 2.42. The molecule has 1 amide bonds. The molecule has 2 heterocycles. The minimum absolute atomic E-state index is 0.125. The van der Waals surface area contributed by atoms with Gasteiger partial charge in [0, 0.05) is 19.0 Å². The van der Waals surface area contributed by atoms with Gasteiger partial charge in [0.15, 0.2) is 0 Å². The quantitative estimate of drug-likeness (QED) is 0.684. The summed E-state index contributed by atoms with van der Waals surface area (Å²) in [5.41, 5.74) is 7.40. The monoisotopic (exact) mass is 220 g/mol. The zero-order chi connectivity index (χ0) is 11.5. The maximum atomic E-state index is 11.0. The maximum Gasteiger partial charge on any atom is 0.220 e. The number of pyridine rings is 1. The van der Waals surface area contributed by atoms with E-state index in [0.29, 0.717) is 18.7 Å². The summed E-state index contributed by atoms with van der Waals surface area (Å²) >= 11 is 0. The lowest BCUT2D eigenvalue weighted by molar-refractivity contribution is -0.122. The van der Waals surface area contributed by atoms with Crippen molar-refractivity contribution in [3.8, 4) is 0 Å². The lowest BCUT2D eigenvalue weighted by atomic mass is 10.1. The van der Waals surface area contributed by atoms with Gasteiger partial charge in [0.25, 0.3) is 0 Å². The van der Waals surface area contributed by atoms with Crippen molar-refractivity contribution in [2.75, 3.05) is 17.6 Å². The van der Waals surface area contributed by atoms with Gasteiger partial charge in [0.1, 0.15) is 5.82 Å². The van der Waals surface area contributed by atoms with Crippen LogP contribution in [0.5, 0.6) is 0 Å². The Balaban J connectivity index is 1.98. The summed E-state index contributed by atoms with van der Waals surface area (Å²) in [5, 5.41) is 6.11. The molecule has 1 saturated heterocycles. The molecule has 1 fully saturated rings. The molecule has 0 radical (unpaired) electrons. The van der Waals surface area contributed by atoms with Gasteiger partial charge in [0.2, 0.25) is 5.91 Å². The molecule has 1 aromatic rings. The number of nitrogens with zero attached hydrogens (tertiary/aromatic N) is 1. The molecular formula is C11H16N4O. The molecule has 5 heteroatoms. The predicted octanol–water partition coefficient (Wildman–Crippen LogP) is 0.663. The lowest BCUT2D eigenvalue weighted by Crippen LogP contribution is -2.42. The second kappa shape index (κ2) is 4.38. The smallest absolute Gasteiger partial charge is 0.220 e. The summed E-state index contributed by atoms with van der Waals surface area (Å²) in [6, 6.07) is 2.18. The number of aryl methyl sites for hydroxylation is 1. The molecule has 0 bridgehead atoms. The van der Waals surface area contributed by atoms with E-state index >= 15 is 0 Å². The number of carbonyl (C=O) groups excluding carboxylic acids is 1. The Morgan fingerprint density at radius 3 is 3.06 bits per heavy atom. The minimum atomic E-state index is 0.125. The molecule has 1 atom stereocenters. The van der Waals surface area contributed by atoms with Crippen LogP contribution in [0.3, 0.4) is 0 Å². The normalized spacial score (nSPS) is 20.3. The fraction of sp³-hybridized carbons (Fsp3) is 0.455. The zero-order valence-corrected chi connectivity index (χ0v) is 9.29. The molecule has 4 N–H and O–H groups in total. The Labute approximate surface area is 94.4 Å². The van der Waals surface area contributed by atoms with Gasteiger partial charge in [-0.05, 0) is 25.0 Å². The number of hydrogen-bond donors (Lipinski definition) is 3. The zero-order valence-electron chi connectivity index (χ0n) is 9.29. The molecule has 86 valence electrons. The largest absolute Gasteiger partial charge is 0.397 e. The van der Waals surface area contributed by atoms with E-state index in [0.717, 1.165) is 17.8 Å². The number of amides is 1. The second-order valence-electron chi connectivity index (χ2n) is 4.11. The van der Waals surface area contributed by atoms with Crippen molar-refractivity contribution in [3.63, 3.8) is 0 Å². The van der Waals surface area contributed by atoms with Crippen molar-refractivity contribution in [1.82, 2.24) is 10.3 Å². The maximum absolute atomic E-state index is 11.0. The molecule has 5 nitrogen and oxygen atoms in total. The number of nitrogens with two attached hydrogens (primary N) is 1. The highest BCUT2D eigenvalue weighted by atomic mass is 16.1. The van der Waals surface area contributed by atoms with E-state index in [4.69, 9.17) is 5.73 Å². The van der Waals surface area contributed by atoms with Crippen LogP contribution < -0.4 is 16.4 Å². The highest BCUT2D eigenvalue weighted by molar-refractivity contribution is 5.77. The van der Waals surface area contributed by atoms with Crippen LogP contribution in [0, 0.1) is 6.92 Å². The van der Waals surface area contributed by atoms with E-state index in [-0.39, 0.29) is 11.9 Å². The first-order valence-electron chi connectivity index (χ1n) is 5.40. The average molecular weight is 220 g/mol. The summed E-state index contributed by atoms with van der Waals surface area (Å²) < 4.78 is 0. The second-order valence-corrected chi connectivity index (χ2v) is 4.11. The van der Waals surface area contributed by atoms with Crippen molar-refractivity contribution in [2.45, 2.75) is 25.8 Å². The fourth-order valence-corrected chi connectivity index (χ4v) is 1.71. The summed E-state index contributed by atoms with van der Waals surface area (Å²) in [7, 11) is 0. The number of anilines is 2. The van der Waals surface area contributed by atoms with Gasteiger partial charge in [-0.3, -0.25) is 4.79 Å². The highest BCUT2D eigenvalue weighted by Gasteiger charge is 2.17. The molecule has 0 aliphatic carbocycles. The van der Waals surface area contributed by atoms with Crippen LogP contribution in [0.25, 0.3) is 0 Å². The summed E-state index contributed by atoms with van der Waals surface area (Å²) in [4.78, 5) is 15.2. The summed E-state index contributed by atoms with van der Waals surface area (Å²) in [6.07, 6.45) is 3.07. The van der Waals surface area contributed by atoms with Crippen molar-refractivity contribution in [2.24, 2.45) is 0 Å². The molecule has 0 spiro atoms. The van der Waals surface area contributed by atoms with Crippen molar-refractivity contribution >= 4 is 17.4 Å². The van der Waals surface area contributed by atoms with Gasteiger partial charge in [-0.15, -0.1) is 0 Å². The van der Waals surface area contributed by atoms with Gasteiger partial charge >= 0.3 is 0 Å². The number of aromatic nitrogens is 1. The molecule has 1 aliphatic heterocycles. The van der Waals surface area contributed by atoms with Gasteiger partial charge in [0.05, 0.1) is 11.9 Å². The van der Waals surface area contributed by atoms with Gasteiger partial charge < -0.3 is 16.4 Å². The topological polar surface area (TPSA) is 80.0 Å². The number of nitrogen functional groups attached to an aromatic ring is 1. The molecule has 1 unspecified atom stereocenters. The summed E-state index contributed by atoms with van der Waals surface area (Å²) in [5.74, 6) is 0.937. The van der Waals surface area contributed by atoms with Crippen molar-refractivity contribution in [1.29, 1.82) is 0 Å². The van der Waals surface area contributed by atoms with E-state index in [2.05, 4.69) is 15.6 Å². The number of hydrogen-bond acceptors (Lipinski definition) is 4. The van der Waals surface area contributed by atoms with Crippen LogP contribution in [0.15, 0.2) is 12.3 Å². The number of rotatable bonds is 2.